The molecule has 0 bridgehead atoms. The first-order valence-corrected chi connectivity index (χ1v) is 4.00. The maximum atomic E-state index is 5.35. The molecule has 0 saturated carbocycles. The van der Waals surface area contributed by atoms with E-state index >= 15 is 0 Å². The molecule has 0 saturated heterocycles. The molecule has 0 atom stereocenters. The van der Waals surface area contributed by atoms with Crippen molar-refractivity contribution in [3.63, 3.8) is 0 Å². The second-order valence-corrected chi connectivity index (χ2v) is 2.38. The van der Waals surface area contributed by atoms with Crippen LogP contribution >= 0.6 is 0 Å². The van der Waals surface area contributed by atoms with Crippen molar-refractivity contribution >= 4 is 5.95 Å². The third-order valence-electron chi connectivity index (χ3n) is 1.24. The van der Waals surface area contributed by atoms with Crippen molar-refractivity contribution in [1.82, 2.24) is 9.97 Å². The highest BCUT2D eigenvalue weighted by molar-refractivity contribution is 5.19. The van der Waals surface area contributed by atoms with Crippen molar-refractivity contribution in [3.8, 4) is 0 Å². The Labute approximate surface area is 68.0 Å². The van der Waals surface area contributed by atoms with Crippen LogP contribution in [0.2, 0.25) is 0 Å². The number of nitrogen functional groups attached to an aromatic ring is 1. The summed E-state index contributed by atoms with van der Waals surface area (Å²) in [6.45, 7) is 8.18. The molecule has 0 aliphatic carbocycles. The summed E-state index contributed by atoms with van der Waals surface area (Å²) < 4.78 is 0. The molecule has 0 aliphatic heterocycles. The van der Waals surface area contributed by atoms with E-state index in [0.717, 1.165) is 5.69 Å². The van der Waals surface area contributed by atoms with Crippen molar-refractivity contribution in [2.45, 2.75) is 33.6 Å². The molecule has 1 aromatic rings. The van der Waals surface area contributed by atoms with Crippen molar-refractivity contribution in [3.05, 3.63) is 11.9 Å². The van der Waals surface area contributed by atoms with Crippen LogP contribution in [-0.2, 0) is 0 Å². The fraction of sp³-hybridized carbons (Fsp3) is 0.625. The van der Waals surface area contributed by atoms with Gasteiger partial charge < -0.3 is 10.7 Å². The number of aromatic nitrogens is 2. The highest BCUT2D eigenvalue weighted by Gasteiger charge is 1.99. The van der Waals surface area contributed by atoms with Crippen molar-refractivity contribution in [2.24, 2.45) is 0 Å². The van der Waals surface area contributed by atoms with Gasteiger partial charge in [-0.15, -0.1) is 0 Å². The largest absolute Gasteiger partial charge is 0.369 e. The molecule has 0 fully saturated rings. The van der Waals surface area contributed by atoms with Gasteiger partial charge in [0, 0.05) is 5.69 Å². The number of imidazole rings is 1. The lowest BCUT2D eigenvalue weighted by Gasteiger charge is -1.96. The normalized spacial score (nSPS) is 9.18. The van der Waals surface area contributed by atoms with E-state index in [2.05, 4.69) is 23.8 Å². The molecule has 0 aliphatic rings. The number of rotatable bonds is 1. The number of nitrogens with zero attached hydrogens (tertiary/aromatic N) is 1. The van der Waals surface area contributed by atoms with Gasteiger partial charge in [0.1, 0.15) is 0 Å². The minimum atomic E-state index is 0.481. The average Bonchev–Trinajstić information content (AvgIpc) is 2.40. The highest BCUT2D eigenvalue weighted by Crippen LogP contribution is 2.10. The topological polar surface area (TPSA) is 54.7 Å². The predicted molar refractivity (Wildman–Crippen MR) is 48.4 cm³/mol. The first kappa shape index (κ1) is 10.0. The van der Waals surface area contributed by atoms with Gasteiger partial charge in [-0.05, 0) is 5.92 Å². The van der Waals surface area contributed by atoms with E-state index in [0.29, 0.717) is 11.9 Å². The number of nitrogens with two attached hydrogens (primary N) is 1. The van der Waals surface area contributed by atoms with Gasteiger partial charge in [-0.25, -0.2) is 4.98 Å². The molecule has 0 spiro atoms. The molecule has 0 unspecified atom stereocenters. The Morgan fingerprint density at radius 1 is 1.45 bits per heavy atom. The number of hydrogen-bond donors (Lipinski definition) is 2. The highest BCUT2D eigenvalue weighted by atomic mass is 15.0. The predicted octanol–water partition coefficient (Wildman–Crippen LogP) is 2.14. The molecule has 0 amide bonds. The maximum absolute atomic E-state index is 5.35. The number of H-pyrrole nitrogens is 1. The van der Waals surface area contributed by atoms with E-state index in [1.54, 1.807) is 6.20 Å². The van der Waals surface area contributed by atoms with Crippen LogP contribution in [0.1, 0.15) is 39.3 Å². The zero-order chi connectivity index (χ0) is 8.85. The van der Waals surface area contributed by atoms with Gasteiger partial charge in [0.05, 0.1) is 6.20 Å². The second-order valence-electron chi connectivity index (χ2n) is 2.38. The van der Waals surface area contributed by atoms with Crippen molar-refractivity contribution in [1.29, 1.82) is 0 Å². The van der Waals surface area contributed by atoms with Crippen LogP contribution in [0, 0.1) is 0 Å². The van der Waals surface area contributed by atoms with Crippen LogP contribution < -0.4 is 5.73 Å². The Balaban J connectivity index is 0.000000461. The van der Waals surface area contributed by atoms with Gasteiger partial charge >= 0.3 is 0 Å². The summed E-state index contributed by atoms with van der Waals surface area (Å²) in [6, 6.07) is 0. The fourth-order valence-electron chi connectivity index (χ4n) is 0.645. The van der Waals surface area contributed by atoms with Crippen molar-refractivity contribution in [2.75, 3.05) is 5.73 Å². The van der Waals surface area contributed by atoms with E-state index < -0.39 is 0 Å². The molecular formula is C8H17N3. The lowest BCUT2D eigenvalue weighted by atomic mass is 10.2. The summed E-state index contributed by atoms with van der Waals surface area (Å²) in [6.07, 6.45) is 1.76. The smallest absolute Gasteiger partial charge is 0.197 e. The summed E-state index contributed by atoms with van der Waals surface area (Å²) in [7, 11) is 0. The number of anilines is 1. The molecule has 0 aromatic carbocycles. The van der Waals surface area contributed by atoms with E-state index in [4.69, 9.17) is 5.73 Å². The zero-order valence-electron chi connectivity index (χ0n) is 7.68. The van der Waals surface area contributed by atoms with Gasteiger partial charge in [0.2, 0.25) is 0 Å². The molecule has 3 heteroatoms. The van der Waals surface area contributed by atoms with E-state index in [9.17, 15) is 0 Å². The fourth-order valence-corrected chi connectivity index (χ4v) is 0.645. The summed E-state index contributed by atoms with van der Waals surface area (Å²) in [5.41, 5.74) is 6.44. The maximum Gasteiger partial charge on any atom is 0.197 e. The standard InChI is InChI=1S/C6H11N3.C2H6/c1-4(2)5-3-8-6(7)9-5;1-2/h3-4H,1-2H3,(H3,7,8,9);1-2H3. The quantitative estimate of drug-likeness (QED) is 0.652. The third kappa shape index (κ3) is 3.07. The van der Waals surface area contributed by atoms with Gasteiger partial charge in [0.25, 0.3) is 0 Å². The van der Waals surface area contributed by atoms with Crippen LogP contribution in [0.15, 0.2) is 6.20 Å². The minimum absolute atomic E-state index is 0.481. The van der Waals surface area contributed by atoms with Crippen LogP contribution in [0.4, 0.5) is 5.95 Å². The van der Waals surface area contributed by atoms with Crippen LogP contribution in [0.5, 0.6) is 0 Å². The Kier molecular flexibility index (Phi) is 4.34. The monoisotopic (exact) mass is 155 g/mol. The summed E-state index contributed by atoms with van der Waals surface area (Å²) >= 11 is 0. The first-order chi connectivity index (χ1) is 5.20. The van der Waals surface area contributed by atoms with Gasteiger partial charge in [-0.3, -0.25) is 0 Å². The first-order valence-electron chi connectivity index (χ1n) is 4.00. The molecule has 1 aromatic heterocycles. The zero-order valence-corrected chi connectivity index (χ0v) is 7.68. The summed E-state index contributed by atoms with van der Waals surface area (Å²) in [4.78, 5) is 6.80. The number of nitrogens with one attached hydrogen (secondary N) is 1. The Bertz CT molecular complexity index is 191. The van der Waals surface area contributed by atoms with Crippen LogP contribution in [0.25, 0.3) is 0 Å². The van der Waals surface area contributed by atoms with Gasteiger partial charge in [-0.1, -0.05) is 27.7 Å². The third-order valence-corrected chi connectivity index (χ3v) is 1.24. The van der Waals surface area contributed by atoms with E-state index in [-0.39, 0.29) is 0 Å². The number of aromatic amines is 1. The van der Waals surface area contributed by atoms with Gasteiger partial charge in [0.15, 0.2) is 5.95 Å². The Hall–Kier alpha value is -0.990. The molecule has 64 valence electrons. The summed E-state index contributed by atoms with van der Waals surface area (Å²) in [5, 5.41) is 0. The van der Waals surface area contributed by atoms with Crippen LogP contribution in [-0.4, -0.2) is 9.97 Å². The molecule has 1 rings (SSSR count). The lowest BCUT2D eigenvalue weighted by Crippen LogP contribution is -1.89. The minimum Gasteiger partial charge on any atom is -0.369 e. The molecule has 0 radical (unpaired) electrons. The SMILES string of the molecule is CC.CC(C)c1cnc(N)[nH]1. The average molecular weight is 155 g/mol. The van der Waals surface area contributed by atoms with Gasteiger partial charge in [-0.2, -0.15) is 0 Å². The molecule has 11 heavy (non-hydrogen) atoms. The van der Waals surface area contributed by atoms with E-state index in [1.807, 2.05) is 13.8 Å². The van der Waals surface area contributed by atoms with Crippen molar-refractivity contribution < 1.29 is 0 Å². The molecule has 3 nitrogen and oxygen atoms in total. The second kappa shape index (κ2) is 4.77. The molecule has 3 N–H and O–H groups in total. The lowest BCUT2D eigenvalue weighted by molar-refractivity contribution is 0.833. The number of hydrogen-bond acceptors (Lipinski definition) is 2. The Morgan fingerprint density at radius 2 is 2.00 bits per heavy atom. The molecule has 1 heterocycles. The van der Waals surface area contributed by atoms with E-state index in [1.165, 1.54) is 0 Å². The summed E-state index contributed by atoms with van der Waals surface area (Å²) in [5.74, 6) is 0.980. The molecular weight excluding hydrogens is 138 g/mol. The van der Waals surface area contributed by atoms with Crippen LogP contribution in [0.3, 0.4) is 0 Å². The Morgan fingerprint density at radius 3 is 2.18 bits per heavy atom.